The minimum atomic E-state index is -1.42. The van der Waals surface area contributed by atoms with E-state index in [1.165, 1.54) is 0 Å². The molecule has 0 aliphatic carbocycles. The van der Waals surface area contributed by atoms with Gasteiger partial charge in [-0.15, -0.1) is 0 Å². The van der Waals surface area contributed by atoms with Gasteiger partial charge in [-0.2, -0.15) is 0 Å². The molecule has 1 atom stereocenters. The van der Waals surface area contributed by atoms with Crippen molar-refractivity contribution in [2.75, 3.05) is 16.8 Å². The van der Waals surface area contributed by atoms with Crippen LogP contribution in [-0.4, -0.2) is 15.9 Å². The van der Waals surface area contributed by atoms with Crippen LogP contribution in [-0.2, 0) is 15.6 Å². The Morgan fingerprint density at radius 2 is 2.05 bits per heavy atom. The third kappa shape index (κ3) is 4.56. The average molecular weight is 388 g/mol. The van der Waals surface area contributed by atoms with Crippen LogP contribution in [0.2, 0.25) is 5.02 Å². The van der Waals surface area contributed by atoms with Gasteiger partial charge in [0.05, 0.1) is 22.2 Å². The second-order valence-corrected chi connectivity index (χ2v) is 7.03. The van der Waals surface area contributed by atoms with E-state index in [0.29, 0.717) is 21.3 Å². The van der Waals surface area contributed by atoms with Crippen LogP contribution in [0.5, 0.6) is 0 Å². The Hall–Kier alpha value is -1.37. The van der Waals surface area contributed by atoms with Crippen molar-refractivity contribution < 1.29 is 9.00 Å². The van der Waals surface area contributed by atoms with Gasteiger partial charge in [0, 0.05) is 14.4 Å². The lowest BCUT2D eigenvalue weighted by Gasteiger charge is -2.08. The number of nitrogens with one attached hydrogen (secondary N) is 1. The molecule has 0 radical (unpaired) electrons. The Kier molecular flexibility index (Phi) is 5.39. The van der Waals surface area contributed by atoms with Crippen LogP contribution in [0.3, 0.4) is 0 Å². The quantitative estimate of drug-likeness (QED) is 0.789. The number of hydrogen-bond acceptors (Lipinski definition) is 3. The zero-order valence-corrected chi connectivity index (χ0v) is 14.0. The molecule has 0 saturated heterocycles. The highest BCUT2D eigenvalue weighted by Gasteiger charge is 2.12. The molecule has 4 nitrogen and oxygen atoms in total. The summed E-state index contributed by atoms with van der Waals surface area (Å²) in [6, 6.07) is 11.8. The second-order valence-electron chi connectivity index (χ2n) is 4.23. The van der Waals surface area contributed by atoms with Crippen molar-refractivity contribution >= 4 is 55.6 Å². The normalized spacial score (nSPS) is 11.9. The SMILES string of the molecule is Nc1cc(Cl)ccc1NC(=O)CS(=O)c1cccc(Br)c1. The molecule has 0 aromatic heterocycles. The van der Waals surface area contributed by atoms with Gasteiger partial charge < -0.3 is 11.1 Å². The molecule has 2 aromatic rings. The minimum absolute atomic E-state index is 0.140. The van der Waals surface area contributed by atoms with Gasteiger partial charge in [0.1, 0.15) is 5.75 Å². The lowest BCUT2D eigenvalue weighted by Crippen LogP contribution is -2.20. The molecule has 3 N–H and O–H groups in total. The van der Waals surface area contributed by atoms with E-state index in [9.17, 15) is 9.00 Å². The van der Waals surface area contributed by atoms with Crippen LogP contribution in [0.4, 0.5) is 11.4 Å². The third-order valence-corrected chi connectivity index (χ3v) is 4.64. The van der Waals surface area contributed by atoms with Crippen molar-refractivity contribution in [3.05, 3.63) is 52.0 Å². The largest absolute Gasteiger partial charge is 0.397 e. The highest BCUT2D eigenvalue weighted by molar-refractivity contribution is 9.10. The maximum absolute atomic E-state index is 12.1. The molecule has 1 unspecified atom stereocenters. The van der Waals surface area contributed by atoms with Gasteiger partial charge in [0.2, 0.25) is 5.91 Å². The minimum Gasteiger partial charge on any atom is -0.397 e. The number of hydrogen-bond donors (Lipinski definition) is 2. The van der Waals surface area contributed by atoms with Crippen LogP contribution in [0.15, 0.2) is 51.8 Å². The molecule has 21 heavy (non-hydrogen) atoms. The van der Waals surface area contributed by atoms with E-state index < -0.39 is 10.8 Å². The van der Waals surface area contributed by atoms with Gasteiger partial charge in [-0.05, 0) is 36.4 Å². The Balaban J connectivity index is 2.03. The van der Waals surface area contributed by atoms with E-state index in [2.05, 4.69) is 21.2 Å². The number of nitrogens with two attached hydrogens (primary N) is 1. The van der Waals surface area contributed by atoms with Crippen molar-refractivity contribution in [2.45, 2.75) is 4.90 Å². The summed E-state index contributed by atoms with van der Waals surface area (Å²) in [7, 11) is -1.42. The topological polar surface area (TPSA) is 72.2 Å². The Bertz CT molecular complexity index is 709. The van der Waals surface area contributed by atoms with E-state index in [0.717, 1.165) is 4.47 Å². The molecule has 1 amide bonds. The van der Waals surface area contributed by atoms with Crippen LogP contribution >= 0.6 is 27.5 Å². The first-order valence-corrected chi connectivity index (χ1v) is 8.43. The van der Waals surface area contributed by atoms with Crippen LogP contribution in [0.25, 0.3) is 0 Å². The summed E-state index contributed by atoms with van der Waals surface area (Å²) in [5, 5.41) is 3.11. The number of benzene rings is 2. The van der Waals surface area contributed by atoms with Crippen LogP contribution in [0, 0.1) is 0 Å². The monoisotopic (exact) mass is 386 g/mol. The van der Waals surface area contributed by atoms with E-state index in [1.54, 1.807) is 36.4 Å². The van der Waals surface area contributed by atoms with Gasteiger partial charge in [0.25, 0.3) is 0 Å². The first-order chi connectivity index (χ1) is 9.95. The van der Waals surface area contributed by atoms with Crippen molar-refractivity contribution in [2.24, 2.45) is 0 Å². The molecular formula is C14H12BrClN2O2S. The molecule has 2 rings (SSSR count). The van der Waals surface area contributed by atoms with E-state index in [1.807, 2.05) is 6.07 Å². The second kappa shape index (κ2) is 7.06. The van der Waals surface area contributed by atoms with Crippen molar-refractivity contribution in [1.29, 1.82) is 0 Å². The lowest BCUT2D eigenvalue weighted by atomic mass is 10.2. The van der Waals surface area contributed by atoms with Gasteiger partial charge >= 0.3 is 0 Å². The number of carbonyl (C=O) groups excluding carboxylic acids is 1. The molecule has 0 spiro atoms. The van der Waals surface area contributed by atoms with Gasteiger partial charge in [-0.25, -0.2) is 0 Å². The average Bonchev–Trinajstić information content (AvgIpc) is 2.42. The summed E-state index contributed by atoms with van der Waals surface area (Å²) < 4.78 is 12.9. The predicted octanol–water partition coefficient (Wildman–Crippen LogP) is 3.43. The fourth-order valence-electron chi connectivity index (χ4n) is 1.64. The number of amides is 1. The molecule has 7 heteroatoms. The predicted molar refractivity (Wildman–Crippen MR) is 89.9 cm³/mol. The molecule has 0 fully saturated rings. The van der Waals surface area contributed by atoms with E-state index >= 15 is 0 Å². The fraction of sp³-hybridized carbons (Fsp3) is 0.0714. The van der Waals surface area contributed by atoms with Crippen LogP contribution < -0.4 is 11.1 Å². The summed E-state index contributed by atoms with van der Waals surface area (Å²) in [4.78, 5) is 12.5. The van der Waals surface area contributed by atoms with Gasteiger partial charge in [0.15, 0.2) is 0 Å². The van der Waals surface area contributed by atoms with Crippen molar-refractivity contribution in [3.8, 4) is 0 Å². The number of anilines is 2. The maximum atomic E-state index is 12.1. The van der Waals surface area contributed by atoms with E-state index in [4.69, 9.17) is 17.3 Å². The standard InChI is InChI=1S/C14H12BrClN2O2S/c15-9-2-1-3-11(6-9)21(20)8-14(19)18-13-5-4-10(16)7-12(13)17/h1-7H,8,17H2,(H,18,19). The summed E-state index contributed by atoms with van der Waals surface area (Å²) in [5.41, 5.74) is 6.57. The molecule has 0 bridgehead atoms. The zero-order chi connectivity index (χ0) is 15.4. The smallest absolute Gasteiger partial charge is 0.237 e. The number of nitrogen functional groups attached to an aromatic ring is 1. The Labute approximate surface area is 138 Å². The first-order valence-electron chi connectivity index (χ1n) is 5.94. The molecule has 0 heterocycles. The van der Waals surface area contributed by atoms with Crippen molar-refractivity contribution in [1.82, 2.24) is 0 Å². The number of halogens is 2. The van der Waals surface area contributed by atoms with E-state index in [-0.39, 0.29) is 11.7 Å². The molecular weight excluding hydrogens is 376 g/mol. The Morgan fingerprint density at radius 1 is 1.29 bits per heavy atom. The molecule has 110 valence electrons. The van der Waals surface area contributed by atoms with Crippen molar-refractivity contribution in [3.63, 3.8) is 0 Å². The van der Waals surface area contributed by atoms with Crippen LogP contribution in [0.1, 0.15) is 0 Å². The molecule has 0 saturated carbocycles. The fourth-order valence-corrected chi connectivity index (χ4v) is 3.34. The third-order valence-electron chi connectivity index (χ3n) is 2.61. The molecule has 0 aliphatic heterocycles. The summed E-state index contributed by atoms with van der Waals surface area (Å²) >= 11 is 9.09. The summed E-state index contributed by atoms with van der Waals surface area (Å²) in [6.45, 7) is 0. The lowest BCUT2D eigenvalue weighted by molar-refractivity contribution is -0.113. The summed E-state index contributed by atoms with van der Waals surface area (Å²) in [5.74, 6) is -0.513. The first kappa shape index (κ1) is 16.0. The van der Waals surface area contributed by atoms with Gasteiger partial charge in [-0.3, -0.25) is 9.00 Å². The number of rotatable bonds is 4. The zero-order valence-electron chi connectivity index (χ0n) is 10.8. The Morgan fingerprint density at radius 3 is 2.71 bits per heavy atom. The van der Waals surface area contributed by atoms with Gasteiger partial charge in [-0.1, -0.05) is 33.6 Å². The molecule has 2 aromatic carbocycles. The number of carbonyl (C=O) groups is 1. The summed E-state index contributed by atoms with van der Waals surface area (Å²) in [6.07, 6.45) is 0. The molecule has 0 aliphatic rings. The highest BCUT2D eigenvalue weighted by Crippen LogP contribution is 2.22. The maximum Gasteiger partial charge on any atom is 0.237 e. The highest BCUT2D eigenvalue weighted by atomic mass is 79.9.